The smallest absolute Gasteiger partial charge is 0.200 e. The summed E-state index contributed by atoms with van der Waals surface area (Å²) in [6.07, 6.45) is 5.58. The lowest BCUT2D eigenvalue weighted by Crippen LogP contribution is -1.94. The maximum atomic E-state index is 4.10. The molecule has 0 saturated heterocycles. The average molecular weight is 340 g/mol. The number of aromatic nitrogens is 6. The fourth-order valence-electron chi connectivity index (χ4n) is 2.15. The molecule has 4 aromatic rings. The van der Waals surface area contributed by atoms with Crippen LogP contribution in [0.3, 0.4) is 0 Å². The van der Waals surface area contributed by atoms with E-state index in [-0.39, 0.29) is 0 Å². The Morgan fingerprint density at radius 3 is 1.23 bits per heavy atom. The summed E-state index contributed by atoms with van der Waals surface area (Å²) in [6.45, 7) is 4.10. The highest BCUT2D eigenvalue weighted by Gasteiger charge is 2.00. The molecule has 0 fully saturated rings. The maximum Gasteiger partial charge on any atom is 0.200 e. The van der Waals surface area contributed by atoms with Gasteiger partial charge < -0.3 is 0 Å². The molecule has 26 heavy (non-hydrogen) atoms. The van der Waals surface area contributed by atoms with E-state index in [0.717, 1.165) is 5.57 Å². The minimum atomic E-state index is 0.451. The van der Waals surface area contributed by atoms with Crippen molar-refractivity contribution in [2.75, 3.05) is 0 Å². The van der Waals surface area contributed by atoms with Crippen LogP contribution in [0.5, 0.6) is 0 Å². The van der Waals surface area contributed by atoms with Crippen LogP contribution in [0.1, 0.15) is 11.1 Å². The van der Waals surface area contributed by atoms with Crippen molar-refractivity contribution in [3.8, 4) is 11.6 Å². The van der Waals surface area contributed by atoms with Crippen LogP contribution in [0.25, 0.3) is 17.2 Å². The lowest BCUT2D eigenvalue weighted by molar-refractivity contribution is 0.985. The van der Waals surface area contributed by atoms with Crippen LogP contribution in [0.4, 0.5) is 0 Å². The predicted octanol–water partition coefficient (Wildman–Crippen LogP) is 3.47. The molecule has 2 aromatic heterocycles. The Morgan fingerprint density at radius 1 is 0.538 bits per heavy atom. The van der Waals surface area contributed by atoms with Crippen molar-refractivity contribution in [2.24, 2.45) is 0 Å². The van der Waals surface area contributed by atoms with Gasteiger partial charge in [-0.25, -0.2) is 29.9 Å². The SMILES string of the molecule is C=C(c1ccccc1)c1ccccc1.c1ncnc(-c2ncncn2)n1. The van der Waals surface area contributed by atoms with Gasteiger partial charge in [-0.1, -0.05) is 67.2 Å². The number of nitrogens with zero attached hydrogens (tertiary/aromatic N) is 6. The maximum absolute atomic E-state index is 4.10. The van der Waals surface area contributed by atoms with Gasteiger partial charge in [0.15, 0.2) is 0 Å². The third-order valence-corrected chi connectivity index (χ3v) is 3.43. The largest absolute Gasteiger partial charge is 0.225 e. The van der Waals surface area contributed by atoms with Gasteiger partial charge in [0, 0.05) is 0 Å². The van der Waals surface area contributed by atoms with Crippen molar-refractivity contribution in [3.05, 3.63) is 104 Å². The second-order valence-corrected chi connectivity index (χ2v) is 5.13. The zero-order chi connectivity index (χ0) is 18.0. The summed E-state index contributed by atoms with van der Waals surface area (Å²) in [6, 6.07) is 20.5. The minimum absolute atomic E-state index is 0.451. The van der Waals surface area contributed by atoms with Crippen LogP contribution >= 0.6 is 0 Å². The predicted molar refractivity (Wildman–Crippen MR) is 99.7 cm³/mol. The third kappa shape index (κ3) is 4.61. The zero-order valence-electron chi connectivity index (χ0n) is 14.0. The topological polar surface area (TPSA) is 77.3 Å². The zero-order valence-corrected chi connectivity index (χ0v) is 14.0. The highest BCUT2D eigenvalue weighted by Crippen LogP contribution is 2.20. The van der Waals surface area contributed by atoms with Gasteiger partial charge >= 0.3 is 0 Å². The van der Waals surface area contributed by atoms with E-state index in [1.165, 1.54) is 36.4 Å². The van der Waals surface area contributed by atoms with E-state index in [1.807, 2.05) is 36.4 Å². The second kappa shape index (κ2) is 8.89. The van der Waals surface area contributed by atoms with Crippen molar-refractivity contribution in [3.63, 3.8) is 0 Å². The summed E-state index contributed by atoms with van der Waals surface area (Å²) in [4.78, 5) is 22.9. The lowest BCUT2D eigenvalue weighted by Gasteiger charge is -2.04. The highest BCUT2D eigenvalue weighted by molar-refractivity contribution is 5.77. The molecule has 0 N–H and O–H groups in total. The Labute approximate surface area is 151 Å². The van der Waals surface area contributed by atoms with E-state index in [0.29, 0.717) is 11.6 Å². The van der Waals surface area contributed by atoms with Crippen LogP contribution in [0.2, 0.25) is 0 Å². The third-order valence-electron chi connectivity index (χ3n) is 3.43. The summed E-state index contributed by atoms with van der Waals surface area (Å²) < 4.78 is 0. The van der Waals surface area contributed by atoms with E-state index >= 15 is 0 Å². The quantitative estimate of drug-likeness (QED) is 0.568. The Hall–Kier alpha value is -3.80. The number of rotatable bonds is 3. The average Bonchev–Trinajstić information content (AvgIpc) is 2.76. The Balaban J connectivity index is 0.000000152. The van der Waals surface area contributed by atoms with Crippen LogP contribution in [0.15, 0.2) is 92.6 Å². The Kier molecular flexibility index (Phi) is 5.82. The molecule has 0 aliphatic rings. The molecule has 0 aliphatic carbocycles. The molecule has 6 nitrogen and oxygen atoms in total. The van der Waals surface area contributed by atoms with E-state index in [1.54, 1.807) is 0 Å². The van der Waals surface area contributed by atoms with Crippen molar-refractivity contribution >= 4 is 5.57 Å². The summed E-state index contributed by atoms with van der Waals surface area (Å²) >= 11 is 0. The molecule has 4 rings (SSSR count). The monoisotopic (exact) mass is 340 g/mol. The fourth-order valence-corrected chi connectivity index (χ4v) is 2.15. The number of benzene rings is 2. The van der Waals surface area contributed by atoms with Crippen molar-refractivity contribution < 1.29 is 0 Å². The first-order chi connectivity index (χ1) is 12.8. The van der Waals surface area contributed by atoms with Crippen molar-refractivity contribution in [1.29, 1.82) is 0 Å². The fraction of sp³-hybridized carbons (Fsp3) is 0. The molecule has 0 bridgehead atoms. The van der Waals surface area contributed by atoms with Crippen LogP contribution in [0, 0.1) is 0 Å². The summed E-state index contributed by atoms with van der Waals surface area (Å²) in [7, 11) is 0. The van der Waals surface area contributed by atoms with Gasteiger partial charge in [0.25, 0.3) is 0 Å². The van der Waals surface area contributed by atoms with Crippen molar-refractivity contribution in [1.82, 2.24) is 29.9 Å². The van der Waals surface area contributed by atoms with E-state index in [9.17, 15) is 0 Å². The van der Waals surface area contributed by atoms with E-state index in [2.05, 4.69) is 60.7 Å². The van der Waals surface area contributed by atoms with E-state index in [4.69, 9.17) is 0 Å². The van der Waals surface area contributed by atoms with Gasteiger partial charge in [0.05, 0.1) is 0 Å². The summed E-state index contributed by atoms with van der Waals surface area (Å²) in [5.41, 5.74) is 3.43. The first-order valence-corrected chi connectivity index (χ1v) is 7.88. The van der Waals surface area contributed by atoms with Gasteiger partial charge in [-0.05, 0) is 16.7 Å². The van der Waals surface area contributed by atoms with Crippen molar-refractivity contribution in [2.45, 2.75) is 0 Å². The molecule has 2 aromatic carbocycles. The van der Waals surface area contributed by atoms with Gasteiger partial charge in [-0.2, -0.15) is 0 Å². The molecule has 0 amide bonds. The van der Waals surface area contributed by atoms with Crippen LogP contribution in [-0.4, -0.2) is 29.9 Å². The van der Waals surface area contributed by atoms with Crippen LogP contribution in [-0.2, 0) is 0 Å². The Bertz CT molecular complexity index is 850. The second-order valence-electron chi connectivity index (χ2n) is 5.13. The molecule has 0 spiro atoms. The molecular formula is C20H16N6. The number of hydrogen-bond donors (Lipinski definition) is 0. The summed E-state index contributed by atoms with van der Waals surface area (Å²) in [5, 5.41) is 0. The van der Waals surface area contributed by atoms with E-state index < -0.39 is 0 Å². The van der Waals surface area contributed by atoms with Gasteiger partial charge in [-0.15, -0.1) is 0 Å². The van der Waals surface area contributed by atoms with Gasteiger partial charge in [0.1, 0.15) is 25.3 Å². The number of hydrogen-bond acceptors (Lipinski definition) is 6. The molecule has 0 unspecified atom stereocenters. The molecule has 126 valence electrons. The molecule has 6 heteroatoms. The Morgan fingerprint density at radius 2 is 0.885 bits per heavy atom. The van der Waals surface area contributed by atoms with Gasteiger partial charge in [-0.3, -0.25) is 0 Å². The van der Waals surface area contributed by atoms with Crippen LogP contribution < -0.4 is 0 Å². The first kappa shape index (κ1) is 17.0. The first-order valence-electron chi connectivity index (χ1n) is 7.88. The molecule has 2 heterocycles. The molecule has 0 radical (unpaired) electrons. The molecule has 0 aliphatic heterocycles. The summed E-state index contributed by atoms with van der Waals surface area (Å²) in [5.74, 6) is 0.903. The normalized spacial score (nSPS) is 9.69. The lowest BCUT2D eigenvalue weighted by atomic mass is 10.0. The van der Waals surface area contributed by atoms with Gasteiger partial charge in [0.2, 0.25) is 11.6 Å². The molecular weight excluding hydrogens is 324 g/mol. The molecule has 0 atom stereocenters. The standard InChI is InChI=1S/C14H12.C6H4N6/c1-12(13-8-4-2-5-9-13)14-10-6-3-7-11-14;1-7-2-10-5(9-1)6-11-3-8-4-12-6/h2-11H,1H2;1-4H. The minimum Gasteiger partial charge on any atom is -0.225 e. The molecule has 0 saturated carbocycles. The highest BCUT2D eigenvalue weighted by atomic mass is 15.1.